The van der Waals surface area contributed by atoms with Crippen LogP contribution in [0.25, 0.3) is 0 Å². The predicted octanol–water partition coefficient (Wildman–Crippen LogP) is 3.57. The first-order chi connectivity index (χ1) is 9.56. The second-order valence-electron chi connectivity index (χ2n) is 4.80. The highest BCUT2D eigenvalue weighted by Gasteiger charge is 2.12. The van der Waals surface area contributed by atoms with E-state index >= 15 is 0 Å². The Balaban J connectivity index is 1.85. The van der Waals surface area contributed by atoms with E-state index in [1.54, 1.807) is 17.4 Å². The van der Waals surface area contributed by atoms with Gasteiger partial charge in [0.1, 0.15) is 0 Å². The Morgan fingerprint density at radius 3 is 2.85 bits per heavy atom. The summed E-state index contributed by atoms with van der Waals surface area (Å²) in [4.78, 5) is 16.4. The molecule has 0 bridgehead atoms. The summed E-state index contributed by atoms with van der Waals surface area (Å²) < 4.78 is 0. The molecule has 20 heavy (non-hydrogen) atoms. The highest BCUT2D eigenvalue weighted by molar-refractivity contribution is 7.09. The number of hydrogen-bond acceptors (Lipinski definition) is 3. The molecule has 1 amide bonds. The van der Waals surface area contributed by atoms with Gasteiger partial charge in [0.25, 0.3) is 0 Å². The van der Waals surface area contributed by atoms with Gasteiger partial charge in [-0.05, 0) is 18.6 Å². The molecule has 1 N–H and O–H groups in total. The summed E-state index contributed by atoms with van der Waals surface area (Å²) in [5, 5.41) is 6.65. The minimum Gasteiger partial charge on any atom is -0.355 e. The van der Waals surface area contributed by atoms with Crippen LogP contribution in [0.4, 0.5) is 0 Å². The summed E-state index contributed by atoms with van der Waals surface area (Å²) in [5.41, 5.74) is 1.88. The zero-order valence-electron chi connectivity index (χ0n) is 11.5. The Hall–Kier alpha value is -1.39. The molecule has 0 fully saturated rings. The van der Waals surface area contributed by atoms with Gasteiger partial charge in [-0.2, -0.15) is 0 Å². The van der Waals surface area contributed by atoms with E-state index in [0.29, 0.717) is 18.0 Å². The maximum Gasteiger partial charge on any atom is 0.224 e. The van der Waals surface area contributed by atoms with Gasteiger partial charge in [-0.1, -0.05) is 36.7 Å². The van der Waals surface area contributed by atoms with Crippen LogP contribution in [-0.4, -0.2) is 17.4 Å². The lowest BCUT2D eigenvalue weighted by molar-refractivity contribution is -0.120. The third-order valence-electron chi connectivity index (χ3n) is 2.97. The van der Waals surface area contributed by atoms with E-state index in [1.165, 1.54) is 0 Å². The fraction of sp³-hybridized carbons (Fsp3) is 0.333. The SMILES string of the molecule is Cc1csc(C(C)CNC(=O)Cc2ccccc2Cl)n1. The van der Waals surface area contributed by atoms with Gasteiger partial charge in [0.05, 0.1) is 11.4 Å². The van der Waals surface area contributed by atoms with Gasteiger partial charge in [-0.3, -0.25) is 4.79 Å². The topological polar surface area (TPSA) is 42.0 Å². The smallest absolute Gasteiger partial charge is 0.224 e. The van der Waals surface area contributed by atoms with Crippen LogP contribution < -0.4 is 5.32 Å². The molecule has 1 aromatic carbocycles. The van der Waals surface area contributed by atoms with Gasteiger partial charge in [-0.15, -0.1) is 11.3 Å². The summed E-state index contributed by atoms with van der Waals surface area (Å²) in [6.07, 6.45) is 0.309. The summed E-state index contributed by atoms with van der Waals surface area (Å²) in [5.74, 6) is 0.210. The summed E-state index contributed by atoms with van der Waals surface area (Å²) in [7, 11) is 0. The van der Waals surface area contributed by atoms with Gasteiger partial charge in [0, 0.05) is 28.6 Å². The number of aryl methyl sites for hydroxylation is 1. The van der Waals surface area contributed by atoms with E-state index in [2.05, 4.69) is 17.2 Å². The van der Waals surface area contributed by atoms with Crippen molar-refractivity contribution < 1.29 is 4.79 Å². The Kier molecular flexibility index (Phi) is 5.15. The molecule has 0 aliphatic carbocycles. The van der Waals surface area contributed by atoms with Crippen LogP contribution >= 0.6 is 22.9 Å². The number of thiazole rings is 1. The summed E-state index contributed by atoms with van der Waals surface area (Å²) in [6.45, 7) is 4.63. The van der Waals surface area contributed by atoms with Crippen molar-refractivity contribution in [3.63, 3.8) is 0 Å². The lowest BCUT2D eigenvalue weighted by Gasteiger charge is -2.10. The number of halogens is 1. The number of nitrogens with zero attached hydrogens (tertiary/aromatic N) is 1. The Morgan fingerprint density at radius 1 is 1.45 bits per heavy atom. The molecule has 0 aliphatic rings. The maximum absolute atomic E-state index is 11.9. The molecule has 1 heterocycles. The van der Waals surface area contributed by atoms with Crippen molar-refractivity contribution in [2.45, 2.75) is 26.2 Å². The highest BCUT2D eigenvalue weighted by Crippen LogP contribution is 2.19. The Bertz CT molecular complexity index is 597. The first-order valence-electron chi connectivity index (χ1n) is 6.48. The van der Waals surface area contributed by atoms with Gasteiger partial charge in [0.2, 0.25) is 5.91 Å². The van der Waals surface area contributed by atoms with Crippen LogP contribution in [0, 0.1) is 6.92 Å². The molecule has 106 valence electrons. The molecule has 0 spiro atoms. The van der Waals surface area contributed by atoms with E-state index in [4.69, 9.17) is 11.6 Å². The largest absolute Gasteiger partial charge is 0.355 e. The van der Waals surface area contributed by atoms with Crippen molar-refractivity contribution >= 4 is 28.8 Å². The lowest BCUT2D eigenvalue weighted by atomic mass is 10.1. The fourth-order valence-corrected chi connectivity index (χ4v) is 2.89. The maximum atomic E-state index is 11.9. The standard InChI is InChI=1S/C15H17ClN2OS/c1-10(15-18-11(2)9-20-15)8-17-14(19)7-12-5-3-4-6-13(12)16/h3-6,9-10H,7-8H2,1-2H3,(H,17,19). The summed E-state index contributed by atoms with van der Waals surface area (Å²) >= 11 is 7.67. The molecule has 1 aromatic heterocycles. The molecule has 1 atom stereocenters. The number of amides is 1. The number of rotatable bonds is 5. The quantitative estimate of drug-likeness (QED) is 0.917. The number of carbonyl (C=O) groups is 1. The molecule has 3 nitrogen and oxygen atoms in total. The first kappa shape index (κ1) is 15.0. The Morgan fingerprint density at radius 2 is 2.20 bits per heavy atom. The monoisotopic (exact) mass is 308 g/mol. The normalized spacial score (nSPS) is 12.2. The highest BCUT2D eigenvalue weighted by atomic mass is 35.5. The summed E-state index contributed by atoms with van der Waals surface area (Å²) in [6, 6.07) is 7.41. The van der Waals surface area contributed by atoms with Crippen molar-refractivity contribution in [3.05, 3.63) is 50.9 Å². The minimum absolute atomic E-state index is 0.0155. The number of carbonyl (C=O) groups excluding carboxylic acids is 1. The molecule has 0 saturated carbocycles. The van der Waals surface area contributed by atoms with Crippen LogP contribution in [0.15, 0.2) is 29.6 Å². The van der Waals surface area contributed by atoms with Crippen molar-refractivity contribution in [3.8, 4) is 0 Å². The van der Waals surface area contributed by atoms with Crippen LogP contribution in [0.3, 0.4) is 0 Å². The van der Waals surface area contributed by atoms with E-state index < -0.39 is 0 Å². The van der Waals surface area contributed by atoms with Crippen molar-refractivity contribution in [1.29, 1.82) is 0 Å². The zero-order chi connectivity index (χ0) is 14.5. The lowest BCUT2D eigenvalue weighted by Crippen LogP contribution is -2.28. The van der Waals surface area contributed by atoms with Crippen molar-refractivity contribution in [1.82, 2.24) is 10.3 Å². The fourth-order valence-electron chi connectivity index (χ4n) is 1.83. The first-order valence-corrected chi connectivity index (χ1v) is 7.74. The molecular weight excluding hydrogens is 292 g/mol. The van der Waals surface area contributed by atoms with E-state index in [1.807, 2.05) is 30.5 Å². The molecule has 2 aromatic rings. The number of nitrogens with one attached hydrogen (secondary N) is 1. The molecular formula is C15H17ClN2OS. The van der Waals surface area contributed by atoms with Crippen LogP contribution in [0.2, 0.25) is 5.02 Å². The minimum atomic E-state index is -0.0155. The number of benzene rings is 1. The van der Waals surface area contributed by atoms with Gasteiger partial charge in [-0.25, -0.2) is 4.98 Å². The molecule has 5 heteroatoms. The molecule has 0 saturated heterocycles. The van der Waals surface area contributed by atoms with Crippen LogP contribution in [-0.2, 0) is 11.2 Å². The van der Waals surface area contributed by atoms with Gasteiger partial charge < -0.3 is 5.32 Å². The molecule has 0 aliphatic heterocycles. The molecule has 0 radical (unpaired) electrons. The average Bonchev–Trinajstić information content (AvgIpc) is 2.85. The predicted molar refractivity (Wildman–Crippen MR) is 83.4 cm³/mol. The average molecular weight is 309 g/mol. The van der Waals surface area contributed by atoms with E-state index in [9.17, 15) is 4.79 Å². The third-order valence-corrected chi connectivity index (χ3v) is 4.54. The van der Waals surface area contributed by atoms with Gasteiger partial charge in [0.15, 0.2) is 0 Å². The third kappa shape index (κ3) is 4.05. The van der Waals surface area contributed by atoms with Crippen molar-refractivity contribution in [2.24, 2.45) is 0 Å². The van der Waals surface area contributed by atoms with Crippen LogP contribution in [0.5, 0.6) is 0 Å². The number of hydrogen-bond donors (Lipinski definition) is 1. The van der Waals surface area contributed by atoms with Crippen LogP contribution in [0.1, 0.15) is 29.1 Å². The Labute approximate surface area is 128 Å². The molecule has 2 rings (SSSR count). The van der Waals surface area contributed by atoms with E-state index in [-0.39, 0.29) is 11.8 Å². The molecule has 1 unspecified atom stereocenters. The van der Waals surface area contributed by atoms with Crippen molar-refractivity contribution in [2.75, 3.05) is 6.54 Å². The number of aromatic nitrogens is 1. The van der Waals surface area contributed by atoms with Gasteiger partial charge >= 0.3 is 0 Å². The zero-order valence-corrected chi connectivity index (χ0v) is 13.1. The van der Waals surface area contributed by atoms with E-state index in [0.717, 1.165) is 16.3 Å². The second kappa shape index (κ2) is 6.86. The second-order valence-corrected chi connectivity index (χ2v) is 6.10.